The second kappa shape index (κ2) is 7.39. The molecule has 1 aromatic carbocycles. The standard InChI is InChI=1S/C12H15Cl3O/c13-10-7-9(8-11(14)12(10)15)5-3-1-2-4-6-16/h7-8,16H,1-6H2. The molecule has 1 N–H and O–H groups in total. The van der Waals surface area contributed by atoms with Crippen molar-refractivity contribution >= 4 is 34.8 Å². The molecule has 0 atom stereocenters. The molecule has 0 heterocycles. The van der Waals surface area contributed by atoms with Crippen molar-refractivity contribution in [2.75, 3.05) is 6.61 Å². The zero-order valence-corrected chi connectivity index (χ0v) is 11.2. The molecule has 0 bridgehead atoms. The molecule has 90 valence electrons. The van der Waals surface area contributed by atoms with Crippen LogP contribution in [0, 0.1) is 0 Å². The number of aliphatic hydroxyl groups excluding tert-OH is 1. The molecular formula is C12H15Cl3O. The van der Waals surface area contributed by atoms with Gasteiger partial charge in [0.2, 0.25) is 0 Å². The molecule has 0 amide bonds. The van der Waals surface area contributed by atoms with E-state index in [1.807, 2.05) is 12.1 Å². The normalized spacial score (nSPS) is 10.8. The first-order valence-corrected chi connectivity index (χ1v) is 6.53. The number of aliphatic hydroxyl groups is 1. The van der Waals surface area contributed by atoms with E-state index in [9.17, 15) is 0 Å². The van der Waals surface area contributed by atoms with Crippen LogP contribution in [-0.4, -0.2) is 11.7 Å². The third kappa shape index (κ3) is 4.50. The number of unbranched alkanes of at least 4 members (excludes halogenated alkanes) is 3. The second-order valence-electron chi connectivity index (χ2n) is 3.76. The predicted octanol–water partition coefficient (Wildman–Crippen LogP) is 4.74. The van der Waals surface area contributed by atoms with Crippen LogP contribution in [0.2, 0.25) is 15.1 Å². The predicted molar refractivity (Wildman–Crippen MR) is 70.7 cm³/mol. The van der Waals surface area contributed by atoms with Crippen molar-refractivity contribution in [3.8, 4) is 0 Å². The summed E-state index contributed by atoms with van der Waals surface area (Å²) in [7, 11) is 0. The number of benzene rings is 1. The Morgan fingerprint density at radius 2 is 1.44 bits per heavy atom. The number of halogens is 3. The van der Waals surface area contributed by atoms with Crippen LogP contribution in [0.25, 0.3) is 0 Å². The summed E-state index contributed by atoms with van der Waals surface area (Å²) in [6.07, 6.45) is 5.07. The Bertz CT molecular complexity index is 316. The van der Waals surface area contributed by atoms with Crippen LogP contribution in [0.5, 0.6) is 0 Å². The molecule has 1 aromatic rings. The fraction of sp³-hybridized carbons (Fsp3) is 0.500. The zero-order valence-electron chi connectivity index (χ0n) is 8.98. The fourth-order valence-electron chi connectivity index (χ4n) is 1.55. The van der Waals surface area contributed by atoms with Crippen LogP contribution >= 0.6 is 34.8 Å². The number of rotatable bonds is 6. The lowest BCUT2D eigenvalue weighted by Crippen LogP contribution is -1.88. The molecule has 0 aliphatic carbocycles. The van der Waals surface area contributed by atoms with Gasteiger partial charge in [-0.2, -0.15) is 0 Å². The summed E-state index contributed by atoms with van der Waals surface area (Å²) in [6.45, 7) is 0.276. The summed E-state index contributed by atoms with van der Waals surface area (Å²) >= 11 is 17.7. The largest absolute Gasteiger partial charge is 0.396 e. The fourth-order valence-corrected chi connectivity index (χ4v) is 2.19. The second-order valence-corrected chi connectivity index (χ2v) is 4.95. The quantitative estimate of drug-likeness (QED) is 0.590. The highest BCUT2D eigenvalue weighted by atomic mass is 35.5. The first kappa shape index (κ1) is 14.1. The number of hydrogen-bond acceptors (Lipinski definition) is 1. The van der Waals surface area contributed by atoms with Crippen LogP contribution in [0.3, 0.4) is 0 Å². The van der Waals surface area contributed by atoms with E-state index in [4.69, 9.17) is 39.9 Å². The molecule has 0 spiro atoms. The molecule has 4 heteroatoms. The lowest BCUT2D eigenvalue weighted by molar-refractivity contribution is 0.282. The Balaban J connectivity index is 2.43. The highest BCUT2D eigenvalue weighted by molar-refractivity contribution is 6.48. The van der Waals surface area contributed by atoms with Crippen molar-refractivity contribution in [2.45, 2.75) is 32.1 Å². The molecule has 1 rings (SSSR count). The van der Waals surface area contributed by atoms with Gasteiger partial charge in [0.1, 0.15) is 0 Å². The van der Waals surface area contributed by atoms with Gasteiger partial charge >= 0.3 is 0 Å². The van der Waals surface area contributed by atoms with E-state index in [-0.39, 0.29) is 6.61 Å². The van der Waals surface area contributed by atoms with Crippen molar-refractivity contribution in [1.29, 1.82) is 0 Å². The van der Waals surface area contributed by atoms with Gasteiger partial charge in [0.25, 0.3) is 0 Å². The van der Waals surface area contributed by atoms with Gasteiger partial charge in [-0.3, -0.25) is 0 Å². The molecule has 1 nitrogen and oxygen atoms in total. The molecule has 0 aliphatic heterocycles. The van der Waals surface area contributed by atoms with Crippen molar-refractivity contribution < 1.29 is 5.11 Å². The monoisotopic (exact) mass is 280 g/mol. The molecule has 0 saturated heterocycles. The first-order chi connectivity index (χ1) is 7.65. The summed E-state index contributed by atoms with van der Waals surface area (Å²) in [6, 6.07) is 3.73. The topological polar surface area (TPSA) is 20.2 Å². The number of hydrogen-bond donors (Lipinski definition) is 1. The molecule has 0 aromatic heterocycles. The average Bonchev–Trinajstić information content (AvgIpc) is 2.25. The Kier molecular flexibility index (Phi) is 6.52. The van der Waals surface area contributed by atoms with Gasteiger partial charge in [-0.1, -0.05) is 47.6 Å². The van der Waals surface area contributed by atoms with Gasteiger partial charge in [-0.05, 0) is 37.0 Å². The Labute approximate surface area is 111 Å². The maximum atomic E-state index is 8.64. The summed E-state index contributed by atoms with van der Waals surface area (Å²) < 4.78 is 0. The Hall–Kier alpha value is 0.0500. The van der Waals surface area contributed by atoms with Gasteiger partial charge in [0, 0.05) is 6.61 Å². The van der Waals surface area contributed by atoms with Gasteiger partial charge in [0.15, 0.2) is 0 Å². The van der Waals surface area contributed by atoms with E-state index in [0.717, 1.165) is 37.7 Å². The maximum Gasteiger partial charge on any atom is 0.0778 e. The molecule has 0 aliphatic rings. The average molecular weight is 282 g/mol. The van der Waals surface area contributed by atoms with Crippen LogP contribution in [0.1, 0.15) is 31.2 Å². The maximum absolute atomic E-state index is 8.64. The zero-order chi connectivity index (χ0) is 12.0. The summed E-state index contributed by atoms with van der Waals surface area (Å²) in [5, 5.41) is 10.1. The van der Waals surface area contributed by atoms with Crippen molar-refractivity contribution in [2.24, 2.45) is 0 Å². The van der Waals surface area contributed by atoms with Crippen molar-refractivity contribution in [3.05, 3.63) is 32.8 Å². The Morgan fingerprint density at radius 3 is 2.00 bits per heavy atom. The summed E-state index contributed by atoms with van der Waals surface area (Å²) in [5.74, 6) is 0. The van der Waals surface area contributed by atoms with Gasteiger partial charge in [-0.25, -0.2) is 0 Å². The van der Waals surface area contributed by atoms with E-state index in [0.29, 0.717) is 15.1 Å². The smallest absolute Gasteiger partial charge is 0.0778 e. The van der Waals surface area contributed by atoms with E-state index in [2.05, 4.69) is 0 Å². The van der Waals surface area contributed by atoms with E-state index < -0.39 is 0 Å². The van der Waals surface area contributed by atoms with Crippen LogP contribution in [0.4, 0.5) is 0 Å². The van der Waals surface area contributed by atoms with Crippen molar-refractivity contribution in [3.63, 3.8) is 0 Å². The molecule has 16 heavy (non-hydrogen) atoms. The summed E-state index contributed by atoms with van der Waals surface area (Å²) in [5.41, 5.74) is 1.11. The lowest BCUT2D eigenvalue weighted by atomic mass is 10.1. The van der Waals surface area contributed by atoms with E-state index in [1.165, 1.54) is 0 Å². The van der Waals surface area contributed by atoms with E-state index in [1.54, 1.807) is 0 Å². The van der Waals surface area contributed by atoms with Gasteiger partial charge in [0.05, 0.1) is 15.1 Å². The summed E-state index contributed by atoms with van der Waals surface area (Å²) in [4.78, 5) is 0. The minimum absolute atomic E-state index is 0.276. The van der Waals surface area contributed by atoms with E-state index >= 15 is 0 Å². The molecule has 0 saturated carbocycles. The van der Waals surface area contributed by atoms with Crippen LogP contribution < -0.4 is 0 Å². The lowest BCUT2D eigenvalue weighted by Gasteiger charge is -2.05. The van der Waals surface area contributed by atoms with Crippen molar-refractivity contribution in [1.82, 2.24) is 0 Å². The van der Waals surface area contributed by atoms with Gasteiger partial charge in [-0.15, -0.1) is 0 Å². The third-order valence-electron chi connectivity index (χ3n) is 2.42. The molecular weight excluding hydrogens is 266 g/mol. The highest BCUT2D eigenvalue weighted by Crippen LogP contribution is 2.31. The third-order valence-corrected chi connectivity index (χ3v) is 3.61. The molecule has 0 fully saturated rings. The number of aryl methyl sites for hydroxylation is 1. The molecule has 0 unspecified atom stereocenters. The molecule has 0 radical (unpaired) electrons. The minimum Gasteiger partial charge on any atom is -0.396 e. The highest BCUT2D eigenvalue weighted by Gasteiger charge is 2.05. The van der Waals surface area contributed by atoms with Gasteiger partial charge < -0.3 is 5.11 Å². The minimum atomic E-state index is 0.276. The Morgan fingerprint density at radius 1 is 0.875 bits per heavy atom. The SMILES string of the molecule is OCCCCCCc1cc(Cl)c(Cl)c(Cl)c1. The van der Waals surface area contributed by atoms with Crippen LogP contribution in [-0.2, 0) is 6.42 Å². The van der Waals surface area contributed by atoms with Crippen LogP contribution in [0.15, 0.2) is 12.1 Å². The first-order valence-electron chi connectivity index (χ1n) is 5.39.